The molecule has 1 unspecified atom stereocenters. The summed E-state index contributed by atoms with van der Waals surface area (Å²) >= 11 is 0. The molecule has 11 heteroatoms. The number of nitrogens with zero attached hydrogens (tertiary/aromatic N) is 1. The average Bonchev–Trinajstić information content (AvgIpc) is 3.55. The van der Waals surface area contributed by atoms with Crippen LogP contribution in [-0.4, -0.2) is 70.9 Å². The summed E-state index contributed by atoms with van der Waals surface area (Å²) in [5, 5.41) is 8.31. The first-order valence-corrected chi connectivity index (χ1v) is 15.2. The molecule has 5 N–H and O–H groups in total. The summed E-state index contributed by atoms with van der Waals surface area (Å²) in [4.78, 5) is 79.6. The van der Waals surface area contributed by atoms with E-state index in [2.05, 4.69) is 16.0 Å². The SMILES string of the molecule is CC(C)C(=O)[C@@H](NC(=O)N[C@H](C(=O)N1C[C@H](C(C)C)C[C@H]1C(=O)NC(CC1CC1)C(=O)C(N)=O)C(C)(C)C)C(C)(C)C. The summed E-state index contributed by atoms with van der Waals surface area (Å²) in [5.74, 6) is -2.86. The summed E-state index contributed by atoms with van der Waals surface area (Å²) < 4.78 is 0. The van der Waals surface area contributed by atoms with E-state index in [1.54, 1.807) is 13.8 Å². The van der Waals surface area contributed by atoms with E-state index in [0.717, 1.165) is 12.8 Å². The maximum atomic E-state index is 14.1. The second-order valence-corrected chi connectivity index (χ2v) is 15.0. The summed E-state index contributed by atoms with van der Waals surface area (Å²) in [6.45, 7) is 18.9. The van der Waals surface area contributed by atoms with Gasteiger partial charge in [0.25, 0.3) is 5.91 Å². The van der Waals surface area contributed by atoms with Crippen LogP contribution in [0, 0.1) is 34.5 Å². The number of nitrogens with one attached hydrogen (secondary N) is 3. The number of primary amides is 1. The molecule has 0 bridgehead atoms. The van der Waals surface area contributed by atoms with Gasteiger partial charge in [0.2, 0.25) is 17.6 Å². The van der Waals surface area contributed by atoms with E-state index in [1.165, 1.54) is 4.90 Å². The molecular formula is C31H53N5O6. The molecular weight excluding hydrogens is 538 g/mol. The third-order valence-electron chi connectivity index (χ3n) is 8.39. The number of rotatable bonds is 12. The smallest absolute Gasteiger partial charge is 0.316 e. The molecule has 2 fully saturated rings. The maximum Gasteiger partial charge on any atom is 0.316 e. The van der Waals surface area contributed by atoms with Gasteiger partial charge in [-0.05, 0) is 41.4 Å². The van der Waals surface area contributed by atoms with Gasteiger partial charge in [-0.25, -0.2) is 4.79 Å². The number of Topliss-reactive ketones (excluding diaryl/α,β-unsaturated/α-hetero) is 2. The fourth-order valence-electron chi connectivity index (χ4n) is 5.37. The third-order valence-corrected chi connectivity index (χ3v) is 8.39. The minimum absolute atomic E-state index is 0.0156. The third kappa shape index (κ3) is 9.26. The second kappa shape index (κ2) is 13.5. The molecule has 5 atom stereocenters. The molecule has 2 aliphatic rings. The fraction of sp³-hybridized carbons (Fsp3) is 0.806. The Morgan fingerprint density at radius 3 is 1.79 bits per heavy atom. The van der Waals surface area contributed by atoms with Crippen LogP contribution >= 0.6 is 0 Å². The Morgan fingerprint density at radius 2 is 1.36 bits per heavy atom. The number of urea groups is 1. The molecule has 0 aromatic rings. The monoisotopic (exact) mass is 591 g/mol. The predicted molar refractivity (Wildman–Crippen MR) is 160 cm³/mol. The van der Waals surface area contributed by atoms with Crippen molar-refractivity contribution in [2.45, 2.75) is 119 Å². The molecule has 238 valence electrons. The topological polar surface area (TPSA) is 168 Å². The fourth-order valence-corrected chi connectivity index (χ4v) is 5.37. The molecule has 42 heavy (non-hydrogen) atoms. The molecule has 1 saturated heterocycles. The lowest BCUT2D eigenvalue weighted by Crippen LogP contribution is -2.62. The highest BCUT2D eigenvalue weighted by Gasteiger charge is 2.47. The van der Waals surface area contributed by atoms with E-state index >= 15 is 0 Å². The van der Waals surface area contributed by atoms with Crippen LogP contribution < -0.4 is 21.7 Å². The van der Waals surface area contributed by atoms with Crippen LogP contribution in [0.2, 0.25) is 0 Å². The summed E-state index contributed by atoms with van der Waals surface area (Å²) in [6.07, 6.45) is 2.55. The van der Waals surface area contributed by atoms with Gasteiger partial charge < -0.3 is 26.6 Å². The molecule has 0 aromatic carbocycles. The first kappa shape index (κ1) is 35.2. The summed E-state index contributed by atoms with van der Waals surface area (Å²) in [7, 11) is 0. The molecule has 0 aromatic heterocycles. The van der Waals surface area contributed by atoms with Crippen LogP contribution in [-0.2, 0) is 24.0 Å². The minimum atomic E-state index is -1.10. The summed E-state index contributed by atoms with van der Waals surface area (Å²) in [6, 6.07) is -4.34. The first-order valence-electron chi connectivity index (χ1n) is 15.2. The van der Waals surface area contributed by atoms with Gasteiger partial charge in [-0.2, -0.15) is 0 Å². The molecule has 5 amide bonds. The van der Waals surface area contributed by atoms with Crippen LogP contribution in [0.25, 0.3) is 0 Å². The number of hydrogen-bond donors (Lipinski definition) is 4. The molecule has 2 rings (SSSR count). The Hall–Kier alpha value is -2.98. The van der Waals surface area contributed by atoms with Crippen LogP contribution in [0.4, 0.5) is 4.79 Å². The van der Waals surface area contributed by atoms with E-state index < -0.39 is 64.5 Å². The zero-order valence-corrected chi connectivity index (χ0v) is 27.1. The molecule has 1 saturated carbocycles. The van der Waals surface area contributed by atoms with Crippen molar-refractivity contribution in [3.63, 3.8) is 0 Å². The lowest BCUT2D eigenvalue weighted by molar-refractivity contribution is -0.143. The van der Waals surface area contributed by atoms with E-state index in [-0.39, 0.29) is 29.5 Å². The van der Waals surface area contributed by atoms with Gasteiger partial charge in [0.1, 0.15) is 12.1 Å². The Bertz CT molecular complexity index is 1050. The van der Waals surface area contributed by atoms with E-state index in [9.17, 15) is 28.8 Å². The van der Waals surface area contributed by atoms with Crippen molar-refractivity contribution in [1.82, 2.24) is 20.9 Å². The lowest BCUT2D eigenvalue weighted by Gasteiger charge is -2.37. The first-order chi connectivity index (χ1) is 19.1. The maximum absolute atomic E-state index is 14.1. The Kier molecular flexibility index (Phi) is 11.4. The summed E-state index contributed by atoms with van der Waals surface area (Å²) in [5.41, 5.74) is 3.97. The van der Waals surface area contributed by atoms with Crippen molar-refractivity contribution in [1.29, 1.82) is 0 Å². The van der Waals surface area contributed by atoms with Gasteiger partial charge in [0.05, 0.1) is 12.1 Å². The average molecular weight is 592 g/mol. The molecule has 11 nitrogen and oxygen atoms in total. The van der Waals surface area contributed by atoms with Gasteiger partial charge in [0.15, 0.2) is 5.78 Å². The number of carbonyl (C=O) groups is 6. The van der Waals surface area contributed by atoms with Gasteiger partial charge in [-0.15, -0.1) is 0 Å². The highest BCUT2D eigenvalue weighted by molar-refractivity contribution is 6.37. The van der Waals surface area contributed by atoms with Crippen LogP contribution in [0.5, 0.6) is 0 Å². The van der Waals surface area contributed by atoms with E-state index in [4.69, 9.17) is 5.73 Å². The standard InChI is InChI=1S/C31H53N5O6/c1-16(2)19-14-21(27(40)33-20(13-18-11-12-18)23(38)26(32)39)36(15-19)28(41)25(31(8,9)10)35-29(42)34-24(30(5,6)7)22(37)17(3)4/h16-21,24-25H,11-15H2,1-10H3,(H2,32,39)(H,33,40)(H2,34,35,42)/t19-,20?,21+,24-,25-/m1/s1. The van der Waals surface area contributed by atoms with Crippen molar-refractivity contribution >= 4 is 35.3 Å². The number of carbonyl (C=O) groups excluding carboxylic acids is 6. The molecule has 1 aliphatic heterocycles. The van der Waals surface area contributed by atoms with Gasteiger partial charge in [-0.3, -0.25) is 24.0 Å². The quantitative estimate of drug-likeness (QED) is 0.254. The molecule has 0 spiro atoms. The minimum Gasteiger partial charge on any atom is -0.363 e. The molecule has 1 aliphatic carbocycles. The largest absolute Gasteiger partial charge is 0.363 e. The van der Waals surface area contributed by atoms with E-state index in [0.29, 0.717) is 19.4 Å². The van der Waals surface area contributed by atoms with Crippen LogP contribution in [0.1, 0.15) is 94.9 Å². The highest BCUT2D eigenvalue weighted by Crippen LogP contribution is 2.35. The number of hydrogen-bond acceptors (Lipinski definition) is 6. The molecule has 0 radical (unpaired) electrons. The Labute approximate surface area is 250 Å². The van der Waals surface area contributed by atoms with Gasteiger partial charge >= 0.3 is 6.03 Å². The Balaban J connectivity index is 2.32. The zero-order valence-electron chi connectivity index (χ0n) is 27.1. The number of likely N-dealkylation sites (tertiary alicyclic amines) is 1. The van der Waals surface area contributed by atoms with Crippen molar-refractivity contribution in [3.05, 3.63) is 0 Å². The number of ketones is 2. The van der Waals surface area contributed by atoms with E-state index in [1.807, 2.05) is 55.4 Å². The van der Waals surface area contributed by atoms with Gasteiger partial charge in [0, 0.05) is 12.5 Å². The van der Waals surface area contributed by atoms with Crippen LogP contribution in [0.3, 0.4) is 0 Å². The number of amides is 5. The van der Waals surface area contributed by atoms with Crippen molar-refractivity contribution in [2.75, 3.05) is 6.54 Å². The van der Waals surface area contributed by atoms with Crippen molar-refractivity contribution in [2.24, 2.45) is 40.2 Å². The van der Waals surface area contributed by atoms with Crippen LogP contribution in [0.15, 0.2) is 0 Å². The van der Waals surface area contributed by atoms with Gasteiger partial charge in [-0.1, -0.05) is 82.1 Å². The second-order valence-electron chi connectivity index (χ2n) is 15.0. The van der Waals surface area contributed by atoms with Crippen molar-refractivity contribution in [3.8, 4) is 0 Å². The Morgan fingerprint density at radius 1 is 0.833 bits per heavy atom. The highest BCUT2D eigenvalue weighted by atomic mass is 16.2. The zero-order chi connectivity index (χ0) is 32.3. The normalized spacial score (nSPS) is 21.5. The predicted octanol–water partition coefficient (Wildman–Crippen LogP) is 2.55. The molecule has 1 heterocycles. The van der Waals surface area contributed by atoms with Crippen molar-refractivity contribution < 1.29 is 28.8 Å². The number of nitrogens with two attached hydrogens (primary N) is 1. The lowest BCUT2D eigenvalue weighted by atomic mass is 9.81.